The van der Waals surface area contributed by atoms with E-state index < -0.39 is 5.82 Å². The maximum atomic E-state index is 13.1. The molecule has 2 aliphatic rings. The standard InChI is InChI=1S/C10H19NO.C9H5FN4/c1-2-4-10(5-3-1)11-6-8-12-9-7-11;10-7-2-8-6(1-5(7)3-11)9(12)14-4-13-8/h10H,1-9H2;1-2,4H,(H2,12,13,14). The van der Waals surface area contributed by atoms with Crippen molar-refractivity contribution in [3.8, 4) is 6.07 Å². The largest absolute Gasteiger partial charge is 0.383 e. The molecule has 26 heavy (non-hydrogen) atoms. The number of nitriles is 1. The lowest BCUT2D eigenvalue weighted by molar-refractivity contribution is 0.00858. The van der Waals surface area contributed by atoms with Gasteiger partial charge in [0.15, 0.2) is 0 Å². The Bertz CT molecular complexity index is 763. The number of morpholine rings is 1. The van der Waals surface area contributed by atoms with E-state index in [1.54, 1.807) is 6.07 Å². The van der Waals surface area contributed by atoms with Gasteiger partial charge in [0.1, 0.15) is 24.0 Å². The summed E-state index contributed by atoms with van der Waals surface area (Å²) in [5, 5.41) is 9.09. The van der Waals surface area contributed by atoms with Crippen LogP contribution in [0.25, 0.3) is 10.9 Å². The summed E-state index contributed by atoms with van der Waals surface area (Å²) in [6.07, 6.45) is 8.47. The molecule has 0 spiro atoms. The third kappa shape index (κ3) is 4.45. The summed E-state index contributed by atoms with van der Waals surface area (Å²) in [5.41, 5.74) is 5.89. The molecule has 0 unspecified atom stereocenters. The van der Waals surface area contributed by atoms with Gasteiger partial charge >= 0.3 is 0 Å². The highest BCUT2D eigenvalue weighted by Crippen LogP contribution is 2.23. The Morgan fingerprint density at radius 3 is 2.58 bits per heavy atom. The average Bonchev–Trinajstić information content (AvgIpc) is 2.70. The summed E-state index contributed by atoms with van der Waals surface area (Å²) in [6, 6.07) is 5.14. The van der Waals surface area contributed by atoms with Crippen molar-refractivity contribution in [3.05, 3.63) is 29.8 Å². The normalized spacial score (nSPS) is 18.8. The number of hydrogen-bond acceptors (Lipinski definition) is 6. The Labute approximate surface area is 152 Å². The Morgan fingerprint density at radius 2 is 1.88 bits per heavy atom. The third-order valence-corrected chi connectivity index (χ3v) is 5.01. The molecule has 0 radical (unpaired) electrons. The van der Waals surface area contributed by atoms with E-state index in [4.69, 9.17) is 15.7 Å². The fourth-order valence-electron chi connectivity index (χ4n) is 3.57. The first-order chi connectivity index (χ1) is 12.7. The van der Waals surface area contributed by atoms with Crippen molar-refractivity contribution in [1.29, 1.82) is 5.26 Å². The number of hydrogen-bond donors (Lipinski definition) is 1. The van der Waals surface area contributed by atoms with Gasteiger partial charge in [-0.3, -0.25) is 4.90 Å². The summed E-state index contributed by atoms with van der Waals surface area (Å²) in [7, 11) is 0. The minimum absolute atomic E-state index is 0.0565. The molecule has 2 heterocycles. The lowest BCUT2D eigenvalue weighted by Crippen LogP contribution is -2.44. The highest BCUT2D eigenvalue weighted by molar-refractivity contribution is 5.88. The van der Waals surface area contributed by atoms with Crippen LogP contribution in [0.15, 0.2) is 18.5 Å². The van der Waals surface area contributed by atoms with E-state index in [9.17, 15) is 4.39 Å². The van der Waals surface area contributed by atoms with Crippen molar-refractivity contribution in [2.45, 2.75) is 38.1 Å². The van der Waals surface area contributed by atoms with Crippen molar-refractivity contribution < 1.29 is 9.13 Å². The van der Waals surface area contributed by atoms with Crippen LogP contribution in [0.3, 0.4) is 0 Å². The zero-order valence-corrected chi connectivity index (χ0v) is 14.8. The lowest BCUT2D eigenvalue weighted by Gasteiger charge is -2.36. The fraction of sp³-hybridized carbons (Fsp3) is 0.526. The van der Waals surface area contributed by atoms with Crippen molar-refractivity contribution in [2.24, 2.45) is 0 Å². The molecule has 2 fully saturated rings. The van der Waals surface area contributed by atoms with Gasteiger partial charge in [-0.05, 0) is 18.9 Å². The molecular formula is C19H24FN5O. The number of benzene rings is 1. The van der Waals surface area contributed by atoms with Gasteiger partial charge < -0.3 is 10.5 Å². The molecule has 0 bridgehead atoms. The van der Waals surface area contributed by atoms with Crippen LogP contribution in [0.5, 0.6) is 0 Å². The molecule has 1 aliphatic heterocycles. The minimum atomic E-state index is -0.599. The van der Waals surface area contributed by atoms with E-state index in [1.807, 2.05) is 0 Å². The number of rotatable bonds is 1. The lowest BCUT2D eigenvalue weighted by atomic mass is 9.94. The van der Waals surface area contributed by atoms with Crippen LogP contribution >= 0.6 is 0 Å². The number of aromatic nitrogens is 2. The first kappa shape index (κ1) is 18.5. The zero-order chi connectivity index (χ0) is 18.4. The molecule has 6 nitrogen and oxygen atoms in total. The zero-order valence-electron chi connectivity index (χ0n) is 14.8. The van der Waals surface area contributed by atoms with Gasteiger partial charge in [-0.1, -0.05) is 19.3 Å². The summed E-state index contributed by atoms with van der Waals surface area (Å²) >= 11 is 0. The number of ether oxygens (including phenoxy) is 1. The molecule has 2 aromatic rings. The molecule has 1 aromatic heterocycles. The predicted octanol–water partition coefficient (Wildman–Crippen LogP) is 2.87. The average molecular weight is 357 g/mol. The summed E-state index contributed by atoms with van der Waals surface area (Å²) in [5.74, 6) is -0.357. The Kier molecular flexibility index (Phi) is 6.31. The SMILES string of the molecule is C1CCC(N2CCOCC2)CC1.N#Cc1cc2c(N)ncnc2cc1F. The van der Waals surface area contributed by atoms with Gasteiger partial charge in [0.05, 0.1) is 24.3 Å². The van der Waals surface area contributed by atoms with E-state index in [2.05, 4.69) is 14.9 Å². The van der Waals surface area contributed by atoms with Gasteiger partial charge in [0, 0.05) is 30.6 Å². The molecule has 0 atom stereocenters. The topological polar surface area (TPSA) is 88.1 Å². The minimum Gasteiger partial charge on any atom is -0.383 e. The summed E-state index contributed by atoms with van der Waals surface area (Å²) in [6.45, 7) is 4.25. The van der Waals surface area contributed by atoms with Crippen LogP contribution in [0.1, 0.15) is 37.7 Å². The van der Waals surface area contributed by atoms with Crippen LogP contribution in [0, 0.1) is 17.1 Å². The summed E-state index contributed by atoms with van der Waals surface area (Å²) in [4.78, 5) is 10.2. The van der Waals surface area contributed by atoms with Crippen molar-refractivity contribution >= 4 is 16.7 Å². The second-order valence-corrected chi connectivity index (χ2v) is 6.66. The van der Waals surface area contributed by atoms with Crippen molar-refractivity contribution in [1.82, 2.24) is 14.9 Å². The molecule has 4 rings (SSSR count). The number of nitrogens with zero attached hydrogens (tertiary/aromatic N) is 4. The van der Waals surface area contributed by atoms with E-state index in [0.717, 1.165) is 19.3 Å². The molecule has 1 aromatic carbocycles. The predicted molar refractivity (Wildman–Crippen MR) is 97.9 cm³/mol. The van der Waals surface area contributed by atoms with Crippen LogP contribution in [0.4, 0.5) is 10.2 Å². The van der Waals surface area contributed by atoms with E-state index in [0.29, 0.717) is 10.9 Å². The van der Waals surface area contributed by atoms with Crippen LogP contribution in [-0.2, 0) is 4.74 Å². The second kappa shape index (κ2) is 8.88. The maximum absolute atomic E-state index is 13.1. The first-order valence-corrected chi connectivity index (χ1v) is 9.10. The van der Waals surface area contributed by atoms with Gasteiger partial charge in [0.2, 0.25) is 0 Å². The van der Waals surface area contributed by atoms with E-state index in [1.165, 1.54) is 63.7 Å². The number of nitrogens with two attached hydrogens (primary N) is 1. The molecule has 1 saturated heterocycles. The van der Waals surface area contributed by atoms with E-state index >= 15 is 0 Å². The van der Waals surface area contributed by atoms with Crippen LogP contribution in [-0.4, -0.2) is 47.2 Å². The third-order valence-electron chi connectivity index (χ3n) is 5.01. The Morgan fingerprint density at radius 1 is 1.15 bits per heavy atom. The number of fused-ring (bicyclic) bond motifs is 1. The maximum Gasteiger partial charge on any atom is 0.143 e. The van der Waals surface area contributed by atoms with Crippen molar-refractivity contribution in [3.63, 3.8) is 0 Å². The fourth-order valence-corrected chi connectivity index (χ4v) is 3.57. The smallest absolute Gasteiger partial charge is 0.143 e. The van der Waals surface area contributed by atoms with E-state index in [-0.39, 0.29) is 11.4 Å². The number of nitrogen functional groups attached to an aromatic ring is 1. The molecular weight excluding hydrogens is 333 g/mol. The second-order valence-electron chi connectivity index (χ2n) is 6.66. The highest BCUT2D eigenvalue weighted by Gasteiger charge is 2.22. The van der Waals surface area contributed by atoms with Crippen LogP contribution < -0.4 is 5.73 Å². The van der Waals surface area contributed by atoms with Gasteiger partial charge in [-0.15, -0.1) is 0 Å². The number of halogens is 1. The molecule has 2 N–H and O–H groups in total. The Hall–Kier alpha value is -2.30. The Balaban J connectivity index is 0.000000152. The highest BCUT2D eigenvalue weighted by atomic mass is 19.1. The summed E-state index contributed by atoms with van der Waals surface area (Å²) < 4.78 is 18.5. The molecule has 138 valence electrons. The quantitative estimate of drug-likeness (QED) is 0.844. The van der Waals surface area contributed by atoms with Gasteiger partial charge in [-0.25, -0.2) is 14.4 Å². The molecule has 1 saturated carbocycles. The molecule has 1 aliphatic carbocycles. The monoisotopic (exact) mass is 357 g/mol. The van der Waals surface area contributed by atoms with Crippen LogP contribution in [0.2, 0.25) is 0 Å². The van der Waals surface area contributed by atoms with Gasteiger partial charge in [-0.2, -0.15) is 5.26 Å². The van der Waals surface area contributed by atoms with Crippen molar-refractivity contribution in [2.75, 3.05) is 32.0 Å². The first-order valence-electron chi connectivity index (χ1n) is 9.10. The number of anilines is 1. The molecule has 0 amide bonds. The molecule has 7 heteroatoms. The van der Waals surface area contributed by atoms with Gasteiger partial charge in [0.25, 0.3) is 0 Å².